The lowest BCUT2D eigenvalue weighted by atomic mass is 9.90. The van der Waals surface area contributed by atoms with Crippen molar-refractivity contribution in [2.24, 2.45) is 0 Å². The van der Waals surface area contributed by atoms with Crippen LogP contribution in [0.5, 0.6) is 0 Å². The largest absolute Gasteiger partial charge is 0.111 e. The molecule has 0 aliphatic carbocycles. The molecule has 0 unspecified atom stereocenters. The molecule has 22 heavy (non-hydrogen) atoms. The van der Waals surface area contributed by atoms with Crippen LogP contribution in [0.15, 0.2) is 12.1 Å². The van der Waals surface area contributed by atoms with Gasteiger partial charge in [-0.2, -0.15) is 0 Å². The summed E-state index contributed by atoms with van der Waals surface area (Å²) in [5.41, 5.74) is 6.02. The third kappa shape index (κ3) is 7.93. The van der Waals surface area contributed by atoms with E-state index in [1.54, 1.807) is 43.2 Å². The van der Waals surface area contributed by atoms with Crippen LogP contribution in [0.2, 0.25) is 0 Å². The summed E-state index contributed by atoms with van der Waals surface area (Å²) in [6, 6.07) is 4.64. The highest BCUT2D eigenvalue weighted by atomic mass is 33.1. The summed E-state index contributed by atoms with van der Waals surface area (Å²) in [7, 11) is 6.48. The molecule has 1 rings (SSSR count). The van der Waals surface area contributed by atoms with E-state index in [0.717, 1.165) is 48.7 Å². The first-order valence-corrected chi connectivity index (χ1v) is 15.1. The minimum absolute atomic E-state index is 1.05. The third-order valence-corrected chi connectivity index (χ3v) is 7.17. The maximum Gasteiger partial charge on any atom is 0.00752 e. The maximum absolute atomic E-state index is 4.31. The SMILES string of the molecule is SSCCc1ccc(CCSS)c(CCSS)c1CCSS. The van der Waals surface area contributed by atoms with Gasteiger partial charge in [-0.1, -0.05) is 55.3 Å². The fourth-order valence-corrected chi connectivity index (χ4v) is 4.80. The molecular formula is C14H22S8. The first-order valence-electron chi connectivity index (χ1n) is 6.96. The smallest absolute Gasteiger partial charge is 0.00752 e. The highest BCUT2D eigenvalue weighted by Crippen LogP contribution is 2.27. The van der Waals surface area contributed by atoms with Crippen molar-refractivity contribution in [1.82, 2.24) is 0 Å². The van der Waals surface area contributed by atoms with Crippen LogP contribution < -0.4 is 0 Å². The Labute approximate surface area is 171 Å². The molecule has 0 radical (unpaired) electrons. The Balaban J connectivity index is 3.11. The predicted molar refractivity (Wildman–Crippen MR) is 127 cm³/mol. The van der Waals surface area contributed by atoms with Crippen LogP contribution in [0, 0.1) is 0 Å². The van der Waals surface area contributed by atoms with Crippen LogP contribution in [0.4, 0.5) is 0 Å². The van der Waals surface area contributed by atoms with Gasteiger partial charge in [-0.05, 0) is 47.9 Å². The van der Waals surface area contributed by atoms with E-state index in [9.17, 15) is 0 Å². The summed E-state index contributed by atoms with van der Waals surface area (Å²) in [6.07, 6.45) is 4.36. The molecule has 0 saturated heterocycles. The Morgan fingerprint density at radius 2 is 0.864 bits per heavy atom. The van der Waals surface area contributed by atoms with Crippen LogP contribution in [0.3, 0.4) is 0 Å². The average Bonchev–Trinajstić information content (AvgIpc) is 2.55. The quantitative estimate of drug-likeness (QED) is 0.224. The molecule has 0 fully saturated rings. The van der Waals surface area contributed by atoms with E-state index < -0.39 is 0 Å². The van der Waals surface area contributed by atoms with Crippen molar-refractivity contribution in [3.05, 3.63) is 34.4 Å². The minimum Gasteiger partial charge on any atom is -0.111 e. The van der Waals surface area contributed by atoms with Crippen LogP contribution >= 0.6 is 89.8 Å². The summed E-state index contributed by atoms with van der Waals surface area (Å²) in [5.74, 6) is 4.21. The first kappa shape index (κ1) is 22.1. The topological polar surface area (TPSA) is 0 Å². The molecule has 0 aromatic heterocycles. The molecule has 0 bridgehead atoms. The Hall–Kier alpha value is 2.02. The van der Waals surface area contributed by atoms with Crippen LogP contribution in [0.25, 0.3) is 0 Å². The van der Waals surface area contributed by atoms with Gasteiger partial charge >= 0.3 is 0 Å². The zero-order chi connectivity index (χ0) is 16.2. The second-order valence-electron chi connectivity index (χ2n) is 4.67. The number of rotatable bonds is 12. The molecular weight excluding hydrogens is 425 g/mol. The summed E-state index contributed by atoms with van der Waals surface area (Å²) in [4.78, 5) is 0. The van der Waals surface area contributed by atoms with Gasteiger partial charge in [0.25, 0.3) is 0 Å². The number of hydrogen-bond donors (Lipinski definition) is 4. The molecule has 0 spiro atoms. The van der Waals surface area contributed by atoms with Gasteiger partial charge in [0, 0.05) is 23.0 Å². The number of hydrogen-bond acceptors (Lipinski definition) is 8. The normalized spacial score (nSPS) is 11.1. The van der Waals surface area contributed by atoms with Crippen molar-refractivity contribution >= 4 is 89.8 Å². The minimum atomic E-state index is 1.05. The van der Waals surface area contributed by atoms with Crippen molar-refractivity contribution < 1.29 is 0 Å². The highest BCUT2D eigenvalue weighted by Gasteiger charge is 2.13. The van der Waals surface area contributed by atoms with Crippen molar-refractivity contribution in [2.75, 3.05) is 23.0 Å². The third-order valence-electron chi connectivity index (χ3n) is 3.44. The van der Waals surface area contributed by atoms with Crippen molar-refractivity contribution in [2.45, 2.75) is 25.7 Å². The van der Waals surface area contributed by atoms with E-state index in [1.807, 2.05) is 0 Å². The fraction of sp³-hybridized carbons (Fsp3) is 0.571. The van der Waals surface area contributed by atoms with Crippen LogP contribution in [-0.2, 0) is 25.7 Å². The van der Waals surface area contributed by atoms with Gasteiger partial charge in [0.1, 0.15) is 0 Å². The predicted octanol–water partition coefficient (Wildman–Crippen LogP) is 6.17. The average molecular weight is 447 g/mol. The first-order chi connectivity index (χ1) is 10.8. The molecule has 0 N–H and O–H groups in total. The van der Waals surface area contributed by atoms with Crippen molar-refractivity contribution in [1.29, 1.82) is 0 Å². The molecule has 1 aromatic rings. The molecule has 0 saturated carbocycles. The number of benzene rings is 1. The van der Waals surface area contributed by atoms with Gasteiger partial charge < -0.3 is 0 Å². The Morgan fingerprint density at radius 1 is 0.545 bits per heavy atom. The van der Waals surface area contributed by atoms with Gasteiger partial charge in [0.15, 0.2) is 0 Å². The van der Waals surface area contributed by atoms with E-state index in [0.29, 0.717) is 0 Å². The number of aryl methyl sites for hydroxylation is 2. The zero-order valence-corrected chi connectivity index (χ0v) is 19.1. The second-order valence-corrected chi connectivity index (χ2v) is 10.4. The summed E-state index contributed by atoms with van der Waals surface area (Å²) < 4.78 is 0. The Morgan fingerprint density at radius 3 is 1.18 bits per heavy atom. The van der Waals surface area contributed by atoms with Crippen molar-refractivity contribution in [3.63, 3.8) is 0 Å². The van der Waals surface area contributed by atoms with Crippen LogP contribution in [-0.4, -0.2) is 23.0 Å². The van der Waals surface area contributed by atoms with E-state index in [2.05, 4.69) is 58.8 Å². The maximum atomic E-state index is 4.31. The van der Waals surface area contributed by atoms with Gasteiger partial charge in [-0.15, -0.1) is 46.6 Å². The standard InChI is InChI=1S/C14H22S8/c15-19-7-3-11-1-2-12(4-8-20-16)14(6-10-22-18)13(11)5-9-21-17/h1-2,15-18H,3-10H2. The van der Waals surface area contributed by atoms with E-state index in [-0.39, 0.29) is 0 Å². The summed E-state index contributed by atoms with van der Waals surface area (Å²) in [6.45, 7) is 0. The molecule has 0 aliphatic heterocycles. The molecule has 1 aromatic carbocycles. The number of thiol groups is 4. The fourth-order valence-electron chi connectivity index (χ4n) is 2.49. The van der Waals surface area contributed by atoms with Crippen molar-refractivity contribution in [3.8, 4) is 0 Å². The van der Waals surface area contributed by atoms with E-state index >= 15 is 0 Å². The molecule has 0 atom stereocenters. The van der Waals surface area contributed by atoms with Crippen LogP contribution in [0.1, 0.15) is 22.3 Å². The summed E-state index contributed by atoms with van der Waals surface area (Å²) in [5, 5.41) is 0. The highest BCUT2D eigenvalue weighted by molar-refractivity contribution is 8.69. The molecule has 0 heterocycles. The van der Waals surface area contributed by atoms with Gasteiger partial charge in [-0.25, -0.2) is 0 Å². The Kier molecular flexibility index (Phi) is 14.3. The second kappa shape index (κ2) is 14.2. The molecule has 0 nitrogen and oxygen atoms in total. The monoisotopic (exact) mass is 446 g/mol. The molecule has 126 valence electrons. The lowest BCUT2D eigenvalue weighted by Gasteiger charge is -2.19. The van der Waals surface area contributed by atoms with E-state index in [1.165, 1.54) is 22.3 Å². The van der Waals surface area contributed by atoms with Gasteiger partial charge in [0.05, 0.1) is 0 Å². The zero-order valence-electron chi connectivity index (χ0n) is 12.2. The molecule has 0 aliphatic rings. The Bertz CT molecular complexity index is 385. The molecule has 0 amide bonds. The molecule has 8 heteroatoms. The summed E-state index contributed by atoms with van der Waals surface area (Å²) >= 11 is 17.2. The van der Waals surface area contributed by atoms with Gasteiger partial charge in [0.2, 0.25) is 0 Å². The lowest BCUT2D eigenvalue weighted by Crippen LogP contribution is -2.08. The van der Waals surface area contributed by atoms with Gasteiger partial charge in [-0.3, -0.25) is 0 Å². The van der Waals surface area contributed by atoms with E-state index in [4.69, 9.17) is 0 Å². The lowest BCUT2D eigenvalue weighted by molar-refractivity contribution is 0.961.